The summed E-state index contributed by atoms with van der Waals surface area (Å²) in [6.45, 7) is 2.76. The Kier molecular flexibility index (Phi) is 5.04. The number of aryl methyl sites for hydroxylation is 1. The first-order valence-electron chi connectivity index (χ1n) is 10.1. The molecule has 0 spiro atoms. The summed E-state index contributed by atoms with van der Waals surface area (Å²) < 4.78 is 6.98. The molecule has 1 N–H and O–H groups in total. The van der Waals surface area contributed by atoms with Crippen molar-refractivity contribution in [3.63, 3.8) is 0 Å². The smallest absolute Gasteiger partial charge is 0.272 e. The van der Waals surface area contributed by atoms with E-state index in [4.69, 9.17) is 4.74 Å². The van der Waals surface area contributed by atoms with E-state index in [0.29, 0.717) is 5.65 Å². The van der Waals surface area contributed by atoms with Crippen LogP contribution in [0.4, 0.5) is 0 Å². The maximum Gasteiger partial charge on any atom is 0.272 e. The van der Waals surface area contributed by atoms with Crippen molar-refractivity contribution in [1.82, 2.24) is 19.5 Å². The maximum atomic E-state index is 13.2. The highest BCUT2D eigenvalue weighted by atomic mass is 16.5. The summed E-state index contributed by atoms with van der Waals surface area (Å²) in [5.41, 5.74) is 2.22. The molecule has 1 saturated carbocycles. The van der Waals surface area contributed by atoms with Gasteiger partial charge in [0.25, 0.3) is 5.56 Å². The van der Waals surface area contributed by atoms with E-state index in [2.05, 4.69) is 10.1 Å². The molecule has 7 heteroatoms. The molecule has 1 amide bonds. The first-order valence-corrected chi connectivity index (χ1v) is 10.1. The van der Waals surface area contributed by atoms with Crippen molar-refractivity contribution in [2.75, 3.05) is 13.7 Å². The van der Waals surface area contributed by atoms with Gasteiger partial charge in [0, 0.05) is 37.4 Å². The van der Waals surface area contributed by atoms with Crippen molar-refractivity contribution in [3.8, 4) is 0 Å². The van der Waals surface area contributed by atoms with Gasteiger partial charge in [-0.25, -0.2) is 9.50 Å². The number of rotatable bonds is 4. The number of nitrogens with one attached hydrogen (secondary N) is 1. The van der Waals surface area contributed by atoms with Crippen LogP contribution >= 0.6 is 0 Å². The SMILES string of the molecule is CCc1cc(=O)n2[nH]c([C@H]3CCCN3C(=O)[C@@H]3CCC[C@H](OC)C3)cc2n1. The van der Waals surface area contributed by atoms with Crippen LogP contribution in [-0.4, -0.2) is 45.2 Å². The Morgan fingerprint density at radius 3 is 2.93 bits per heavy atom. The lowest BCUT2D eigenvalue weighted by atomic mass is 9.86. The Labute approximate surface area is 158 Å². The normalized spacial score (nSPS) is 26.0. The van der Waals surface area contributed by atoms with Gasteiger partial charge in [0.05, 0.1) is 17.8 Å². The van der Waals surface area contributed by atoms with Crippen LogP contribution in [0.15, 0.2) is 16.9 Å². The fraction of sp³-hybridized carbons (Fsp3) is 0.650. The average molecular weight is 372 g/mol. The second-order valence-electron chi connectivity index (χ2n) is 7.76. The highest BCUT2D eigenvalue weighted by Gasteiger charge is 2.37. The number of nitrogens with zero attached hydrogens (tertiary/aromatic N) is 3. The summed E-state index contributed by atoms with van der Waals surface area (Å²) in [6, 6.07) is 3.49. The van der Waals surface area contributed by atoms with Gasteiger partial charge in [-0.05, 0) is 38.5 Å². The Morgan fingerprint density at radius 2 is 2.15 bits per heavy atom. The molecule has 0 bridgehead atoms. The molecule has 2 aromatic heterocycles. The zero-order valence-corrected chi connectivity index (χ0v) is 16.1. The second-order valence-corrected chi connectivity index (χ2v) is 7.76. The molecule has 2 aromatic rings. The van der Waals surface area contributed by atoms with Crippen LogP contribution in [0.25, 0.3) is 5.65 Å². The molecule has 2 fully saturated rings. The molecule has 146 valence electrons. The molecule has 1 saturated heterocycles. The minimum Gasteiger partial charge on any atom is -0.381 e. The number of carbonyl (C=O) groups excluding carboxylic acids is 1. The molecule has 0 unspecified atom stereocenters. The number of carbonyl (C=O) groups is 1. The van der Waals surface area contributed by atoms with Crippen LogP contribution in [0.3, 0.4) is 0 Å². The molecule has 3 heterocycles. The van der Waals surface area contributed by atoms with Gasteiger partial charge in [-0.3, -0.25) is 14.7 Å². The Morgan fingerprint density at radius 1 is 1.30 bits per heavy atom. The Bertz CT molecular complexity index is 887. The fourth-order valence-electron chi connectivity index (χ4n) is 4.58. The number of ether oxygens (including phenoxy) is 1. The van der Waals surface area contributed by atoms with Gasteiger partial charge in [-0.1, -0.05) is 13.3 Å². The van der Waals surface area contributed by atoms with E-state index in [9.17, 15) is 9.59 Å². The quantitative estimate of drug-likeness (QED) is 0.894. The molecule has 0 radical (unpaired) electrons. The lowest BCUT2D eigenvalue weighted by Gasteiger charge is -2.32. The fourth-order valence-corrected chi connectivity index (χ4v) is 4.58. The van der Waals surface area contributed by atoms with Crippen LogP contribution in [0.5, 0.6) is 0 Å². The number of H-pyrrole nitrogens is 1. The van der Waals surface area contributed by atoms with Crippen LogP contribution in [0.2, 0.25) is 0 Å². The van der Waals surface area contributed by atoms with Crippen molar-refractivity contribution in [2.24, 2.45) is 5.92 Å². The molecular weight excluding hydrogens is 344 g/mol. The van der Waals surface area contributed by atoms with E-state index in [-0.39, 0.29) is 29.5 Å². The molecule has 7 nitrogen and oxygen atoms in total. The van der Waals surface area contributed by atoms with Crippen LogP contribution in [0.1, 0.15) is 62.9 Å². The summed E-state index contributed by atoms with van der Waals surface area (Å²) in [4.78, 5) is 32.1. The molecule has 0 aromatic carbocycles. The van der Waals surface area contributed by atoms with E-state index >= 15 is 0 Å². The van der Waals surface area contributed by atoms with Gasteiger partial charge in [-0.15, -0.1) is 0 Å². The predicted molar refractivity (Wildman–Crippen MR) is 102 cm³/mol. The van der Waals surface area contributed by atoms with Gasteiger partial charge in [0.15, 0.2) is 5.65 Å². The Hall–Kier alpha value is -2.15. The van der Waals surface area contributed by atoms with Crippen LogP contribution in [-0.2, 0) is 16.0 Å². The molecule has 3 atom stereocenters. The van der Waals surface area contributed by atoms with Crippen molar-refractivity contribution >= 4 is 11.6 Å². The van der Waals surface area contributed by atoms with Crippen molar-refractivity contribution in [3.05, 3.63) is 33.9 Å². The van der Waals surface area contributed by atoms with Crippen molar-refractivity contribution in [2.45, 2.75) is 64.0 Å². The maximum absolute atomic E-state index is 13.2. The number of amides is 1. The number of hydrogen-bond acceptors (Lipinski definition) is 4. The second kappa shape index (κ2) is 7.46. The number of aromatic nitrogens is 3. The topological polar surface area (TPSA) is 79.7 Å². The van der Waals surface area contributed by atoms with E-state index in [1.54, 1.807) is 13.2 Å². The number of hydrogen-bond donors (Lipinski definition) is 1. The zero-order chi connectivity index (χ0) is 19.0. The van der Waals surface area contributed by atoms with E-state index in [1.165, 1.54) is 4.52 Å². The molecule has 1 aliphatic heterocycles. The minimum atomic E-state index is -0.103. The highest BCUT2D eigenvalue weighted by Crippen LogP contribution is 2.36. The molecule has 27 heavy (non-hydrogen) atoms. The number of aromatic amines is 1. The number of fused-ring (bicyclic) bond motifs is 1. The van der Waals surface area contributed by atoms with Gasteiger partial charge in [0.1, 0.15) is 0 Å². The lowest BCUT2D eigenvalue weighted by Crippen LogP contribution is -2.39. The summed E-state index contributed by atoms with van der Waals surface area (Å²) in [6.07, 6.45) is 6.64. The standard InChI is InChI=1S/C20H28N4O3/c1-3-14-11-19(25)24-18(21-14)12-16(22-24)17-8-5-9-23(17)20(26)13-6-4-7-15(10-13)27-2/h11-13,15,17,22H,3-10H2,1-2H3/t13-,15+,17-/m1/s1. The van der Waals surface area contributed by atoms with Gasteiger partial charge in [0.2, 0.25) is 5.91 Å². The Balaban J connectivity index is 1.59. The largest absolute Gasteiger partial charge is 0.381 e. The monoisotopic (exact) mass is 372 g/mol. The minimum absolute atomic E-state index is 0.00778. The van der Waals surface area contributed by atoms with E-state index in [0.717, 1.165) is 62.9 Å². The highest BCUT2D eigenvalue weighted by molar-refractivity contribution is 5.79. The van der Waals surface area contributed by atoms with Crippen LogP contribution in [0, 0.1) is 5.92 Å². The van der Waals surface area contributed by atoms with Crippen molar-refractivity contribution < 1.29 is 9.53 Å². The summed E-state index contributed by atoms with van der Waals surface area (Å²) in [5, 5.41) is 3.19. The van der Waals surface area contributed by atoms with Crippen LogP contribution < -0.4 is 5.56 Å². The number of methoxy groups -OCH3 is 1. The summed E-state index contributed by atoms with van der Waals surface area (Å²) in [7, 11) is 1.73. The number of likely N-dealkylation sites (tertiary alicyclic amines) is 1. The first-order chi connectivity index (χ1) is 13.1. The van der Waals surface area contributed by atoms with E-state index < -0.39 is 0 Å². The third-order valence-corrected chi connectivity index (χ3v) is 6.09. The van der Waals surface area contributed by atoms with Gasteiger partial charge >= 0.3 is 0 Å². The molecule has 4 rings (SSSR count). The lowest BCUT2D eigenvalue weighted by molar-refractivity contribution is -0.139. The third kappa shape index (κ3) is 3.40. The molecular formula is C20H28N4O3. The first kappa shape index (κ1) is 18.2. The van der Waals surface area contributed by atoms with Gasteiger partial charge in [-0.2, -0.15) is 0 Å². The average Bonchev–Trinajstić information content (AvgIpc) is 3.34. The molecule has 2 aliphatic rings. The predicted octanol–water partition coefficient (Wildman–Crippen LogP) is 2.45. The summed E-state index contributed by atoms with van der Waals surface area (Å²) >= 11 is 0. The summed E-state index contributed by atoms with van der Waals surface area (Å²) in [5.74, 6) is 0.272. The van der Waals surface area contributed by atoms with E-state index in [1.807, 2.05) is 17.9 Å². The molecule has 1 aliphatic carbocycles. The van der Waals surface area contributed by atoms with Gasteiger partial charge < -0.3 is 9.64 Å². The third-order valence-electron chi connectivity index (χ3n) is 6.09. The van der Waals surface area contributed by atoms with Crippen molar-refractivity contribution in [1.29, 1.82) is 0 Å². The zero-order valence-electron chi connectivity index (χ0n) is 16.1.